The molecule has 0 bridgehead atoms. The van der Waals surface area contributed by atoms with Crippen LogP contribution in [0.5, 0.6) is 5.75 Å². The molecule has 4 nitrogen and oxygen atoms in total. The van der Waals surface area contributed by atoms with Crippen molar-refractivity contribution in [2.75, 3.05) is 10.2 Å². The van der Waals surface area contributed by atoms with Crippen LogP contribution < -0.4 is 15.0 Å². The largest absolute Gasteiger partial charge is 0.435 e. The number of hydrogen-bond donors (Lipinski definition) is 1. The molecule has 1 amide bonds. The summed E-state index contributed by atoms with van der Waals surface area (Å²) in [5, 5.41) is 2.77. The van der Waals surface area contributed by atoms with Crippen molar-refractivity contribution in [1.29, 1.82) is 0 Å². The van der Waals surface area contributed by atoms with Gasteiger partial charge in [0, 0.05) is 28.7 Å². The van der Waals surface area contributed by atoms with Gasteiger partial charge >= 0.3 is 6.61 Å². The molecule has 0 saturated heterocycles. The summed E-state index contributed by atoms with van der Waals surface area (Å²) in [6, 6.07) is 23.5. The summed E-state index contributed by atoms with van der Waals surface area (Å²) in [5.41, 5.74) is 2.92. The maximum Gasteiger partial charge on any atom is 0.387 e. The molecule has 150 valence electrons. The second-order valence-corrected chi connectivity index (χ2v) is 6.71. The number of amides is 1. The van der Waals surface area contributed by atoms with Crippen molar-refractivity contribution in [3.8, 4) is 5.75 Å². The summed E-state index contributed by atoms with van der Waals surface area (Å²) >= 11 is 0. The number of alkyl halides is 2. The Morgan fingerprint density at radius 3 is 2.17 bits per heavy atom. The van der Waals surface area contributed by atoms with Gasteiger partial charge in [0.25, 0.3) is 5.91 Å². The van der Waals surface area contributed by atoms with Gasteiger partial charge in [-0.2, -0.15) is 8.78 Å². The van der Waals surface area contributed by atoms with E-state index >= 15 is 0 Å². The fourth-order valence-corrected chi connectivity index (χ4v) is 3.06. The zero-order valence-corrected chi connectivity index (χ0v) is 16.2. The van der Waals surface area contributed by atoms with Crippen molar-refractivity contribution in [1.82, 2.24) is 0 Å². The van der Waals surface area contributed by atoms with Gasteiger partial charge in [-0.3, -0.25) is 4.79 Å². The molecule has 0 aliphatic rings. The highest BCUT2D eigenvalue weighted by molar-refractivity contribution is 6.04. The summed E-state index contributed by atoms with van der Waals surface area (Å²) in [5.74, 6) is -0.459. The van der Waals surface area contributed by atoms with Crippen LogP contribution in [-0.4, -0.2) is 18.6 Å². The number of anilines is 3. The van der Waals surface area contributed by atoms with Crippen LogP contribution in [0.3, 0.4) is 0 Å². The molecule has 0 spiro atoms. The lowest BCUT2D eigenvalue weighted by atomic mass is 10.1. The molecule has 3 aromatic carbocycles. The zero-order valence-electron chi connectivity index (χ0n) is 16.2. The van der Waals surface area contributed by atoms with Gasteiger partial charge in [-0.25, -0.2) is 0 Å². The molecule has 0 heterocycles. The van der Waals surface area contributed by atoms with Gasteiger partial charge in [0.1, 0.15) is 5.75 Å². The van der Waals surface area contributed by atoms with Crippen molar-refractivity contribution in [3.05, 3.63) is 84.4 Å². The molecule has 0 aliphatic heterocycles. The van der Waals surface area contributed by atoms with Crippen LogP contribution >= 0.6 is 0 Å². The van der Waals surface area contributed by atoms with E-state index in [2.05, 4.69) is 28.8 Å². The molecule has 0 radical (unpaired) electrons. The molecular formula is C23H22F2N2O2. The number of hydrogen-bond acceptors (Lipinski definition) is 3. The molecule has 0 aromatic heterocycles. The van der Waals surface area contributed by atoms with Crippen molar-refractivity contribution >= 4 is 23.0 Å². The lowest BCUT2D eigenvalue weighted by Crippen LogP contribution is -2.25. The minimum Gasteiger partial charge on any atom is -0.435 e. The van der Waals surface area contributed by atoms with Gasteiger partial charge in [-0.1, -0.05) is 24.3 Å². The standard InChI is InChI=1S/C23H22F2N2O2/c1-16(2)27(19-8-4-3-5-9-19)20-13-11-18(12-14-20)26-22(28)17-7-6-10-21(15-17)29-23(24)25/h3-16,23H,1-2H3,(H,26,28). The van der Waals surface area contributed by atoms with Crippen molar-refractivity contribution in [2.45, 2.75) is 26.5 Å². The summed E-state index contributed by atoms with van der Waals surface area (Å²) in [7, 11) is 0. The van der Waals surface area contributed by atoms with E-state index in [-0.39, 0.29) is 17.4 Å². The van der Waals surface area contributed by atoms with Crippen LogP contribution in [0.1, 0.15) is 24.2 Å². The quantitative estimate of drug-likeness (QED) is 0.526. The van der Waals surface area contributed by atoms with E-state index in [1.54, 1.807) is 0 Å². The first kappa shape index (κ1) is 20.3. The van der Waals surface area contributed by atoms with Gasteiger partial charge in [-0.15, -0.1) is 0 Å². The minimum absolute atomic E-state index is 0.0570. The van der Waals surface area contributed by atoms with Crippen LogP contribution in [0.2, 0.25) is 0 Å². The Labute approximate surface area is 168 Å². The summed E-state index contributed by atoms with van der Waals surface area (Å²) in [6.45, 7) is 1.28. The average molecular weight is 396 g/mol. The SMILES string of the molecule is CC(C)N(c1ccccc1)c1ccc(NC(=O)c2cccc(OC(F)F)c2)cc1. The maximum absolute atomic E-state index is 12.4. The number of rotatable bonds is 7. The average Bonchev–Trinajstić information content (AvgIpc) is 2.70. The molecule has 29 heavy (non-hydrogen) atoms. The molecule has 0 aliphatic carbocycles. The smallest absolute Gasteiger partial charge is 0.387 e. The first-order chi connectivity index (χ1) is 13.9. The number of carbonyl (C=O) groups is 1. The van der Waals surface area contributed by atoms with Crippen molar-refractivity contribution in [3.63, 3.8) is 0 Å². The molecule has 0 unspecified atom stereocenters. The molecule has 0 saturated carbocycles. The molecule has 1 N–H and O–H groups in total. The van der Waals surface area contributed by atoms with Crippen LogP contribution in [0.25, 0.3) is 0 Å². The summed E-state index contributed by atoms with van der Waals surface area (Å²) in [6.07, 6.45) is 0. The van der Waals surface area contributed by atoms with Crippen LogP contribution in [0.4, 0.5) is 25.8 Å². The summed E-state index contributed by atoms with van der Waals surface area (Å²) < 4.78 is 29.1. The van der Waals surface area contributed by atoms with Crippen LogP contribution in [0.15, 0.2) is 78.9 Å². The Morgan fingerprint density at radius 2 is 1.55 bits per heavy atom. The number of benzene rings is 3. The van der Waals surface area contributed by atoms with E-state index in [9.17, 15) is 13.6 Å². The number of nitrogens with zero attached hydrogens (tertiary/aromatic N) is 1. The highest BCUT2D eigenvalue weighted by atomic mass is 19.3. The number of carbonyl (C=O) groups excluding carboxylic acids is 1. The third-order valence-electron chi connectivity index (χ3n) is 4.28. The Bertz CT molecular complexity index is 945. The minimum atomic E-state index is -2.94. The van der Waals surface area contributed by atoms with E-state index in [0.29, 0.717) is 5.69 Å². The molecule has 3 rings (SSSR count). The second kappa shape index (κ2) is 9.19. The maximum atomic E-state index is 12.4. The first-order valence-electron chi connectivity index (χ1n) is 9.24. The van der Waals surface area contributed by atoms with Gasteiger partial charge in [0.15, 0.2) is 0 Å². The van der Waals surface area contributed by atoms with Crippen molar-refractivity contribution in [2.24, 2.45) is 0 Å². The van der Waals surface area contributed by atoms with E-state index in [0.717, 1.165) is 11.4 Å². The monoisotopic (exact) mass is 396 g/mol. The Morgan fingerprint density at radius 1 is 0.897 bits per heavy atom. The fourth-order valence-electron chi connectivity index (χ4n) is 3.06. The van der Waals surface area contributed by atoms with E-state index in [1.165, 1.54) is 24.3 Å². The third kappa shape index (κ3) is 5.31. The summed E-state index contributed by atoms with van der Waals surface area (Å²) in [4.78, 5) is 14.6. The van der Waals surface area contributed by atoms with Gasteiger partial charge < -0.3 is 15.0 Å². The van der Waals surface area contributed by atoms with E-state index in [4.69, 9.17) is 0 Å². The van der Waals surface area contributed by atoms with Gasteiger partial charge in [0.2, 0.25) is 0 Å². The van der Waals surface area contributed by atoms with Crippen molar-refractivity contribution < 1.29 is 18.3 Å². The predicted molar refractivity (Wildman–Crippen MR) is 111 cm³/mol. The lowest BCUT2D eigenvalue weighted by molar-refractivity contribution is -0.0498. The topological polar surface area (TPSA) is 41.6 Å². The zero-order chi connectivity index (χ0) is 20.8. The third-order valence-corrected chi connectivity index (χ3v) is 4.28. The molecule has 3 aromatic rings. The van der Waals surface area contributed by atoms with E-state index in [1.807, 2.05) is 54.6 Å². The number of halogens is 2. The first-order valence-corrected chi connectivity index (χ1v) is 9.24. The normalized spacial score (nSPS) is 10.8. The number of nitrogens with one attached hydrogen (secondary N) is 1. The Balaban J connectivity index is 1.74. The Hall–Kier alpha value is -3.41. The fraction of sp³-hybridized carbons (Fsp3) is 0.174. The Kier molecular flexibility index (Phi) is 6.44. The number of ether oxygens (including phenoxy) is 1. The molecule has 0 fully saturated rings. The van der Waals surface area contributed by atoms with Gasteiger partial charge in [0.05, 0.1) is 0 Å². The number of para-hydroxylation sites is 1. The molecular weight excluding hydrogens is 374 g/mol. The second-order valence-electron chi connectivity index (χ2n) is 6.71. The molecule has 6 heteroatoms. The molecule has 0 atom stereocenters. The highest BCUT2D eigenvalue weighted by Gasteiger charge is 2.14. The highest BCUT2D eigenvalue weighted by Crippen LogP contribution is 2.29. The van der Waals surface area contributed by atoms with Crippen LogP contribution in [0, 0.1) is 0 Å². The van der Waals surface area contributed by atoms with Crippen LogP contribution in [-0.2, 0) is 0 Å². The lowest BCUT2D eigenvalue weighted by Gasteiger charge is -2.29. The predicted octanol–water partition coefficient (Wildman–Crippen LogP) is 6.09. The van der Waals surface area contributed by atoms with E-state index < -0.39 is 12.5 Å². The van der Waals surface area contributed by atoms with Gasteiger partial charge in [-0.05, 0) is 68.4 Å².